The molecule has 5 nitrogen and oxygen atoms in total. The molecule has 2 atom stereocenters. The van der Waals surface area contributed by atoms with Gasteiger partial charge in [0, 0.05) is 31.5 Å². The normalized spacial score (nSPS) is 24.0. The van der Waals surface area contributed by atoms with Crippen LogP contribution in [0.4, 0.5) is 0 Å². The molecule has 0 radical (unpaired) electrons. The summed E-state index contributed by atoms with van der Waals surface area (Å²) >= 11 is 5.76. The molecule has 1 fully saturated rings. The maximum atomic E-state index is 12.2. The zero-order valence-electron chi connectivity index (χ0n) is 10.1. The first-order valence-electron chi connectivity index (χ1n) is 5.79. The molecule has 1 N–H and O–H groups in total. The maximum absolute atomic E-state index is 12.2. The lowest BCUT2D eigenvalue weighted by Gasteiger charge is -2.35. The number of nitrogens with one attached hydrogen (secondary N) is 1. The summed E-state index contributed by atoms with van der Waals surface area (Å²) in [6, 6.07) is 1.34. The fourth-order valence-corrected chi connectivity index (χ4v) is 2.22. The van der Waals surface area contributed by atoms with Crippen molar-refractivity contribution in [3.8, 4) is 0 Å². The van der Waals surface area contributed by atoms with Gasteiger partial charge in [0.2, 0.25) is 0 Å². The number of hydrogen-bond acceptors (Lipinski definition) is 3. The van der Waals surface area contributed by atoms with Crippen LogP contribution in [0.3, 0.4) is 0 Å². The highest BCUT2D eigenvalue weighted by Gasteiger charge is 2.29. The third kappa shape index (κ3) is 2.73. The van der Waals surface area contributed by atoms with Gasteiger partial charge < -0.3 is 14.6 Å². The highest BCUT2D eigenvalue weighted by molar-refractivity contribution is 6.18. The number of nitrogens with zero attached hydrogens (tertiary/aromatic N) is 1. The van der Waals surface area contributed by atoms with Crippen LogP contribution in [0, 0.1) is 0 Å². The van der Waals surface area contributed by atoms with Gasteiger partial charge in [-0.25, -0.2) is 0 Å². The summed E-state index contributed by atoms with van der Waals surface area (Å²) in [5.74, 6) is 0.0568. The molecule has 0 aliphatic carbocycles. The van der Waals surface area contributed by atoms with E-state index in [1.54, 1.807) is 4.90 Å². The van der Waals surface area contributed by atoms with Crippen molar-refractivity contribution in [2.45, 2.75) is 19.1 Å². The average Bonchev–Trinajstić information content (AvgIpc) is 2.37. The molecular formula is C12H15ClN2O3. The Morgan fingerprint density at radius 1 is 1.61 bits per heavy atom. The zero-order chi connectivity index (χ0) is 13.1. The van der Waals surface area contributed by atoms with Gasteiger partial charge in [0.05, 0.1) is 18.1 Å². The van der Waals surface area contributed by atoms with Crippen molar-refractivity contribution in [2.75, 3.05) is 19.0 Å². The lowest BCUT2D eigenvalue weighted by molar-refractivity contribution is -0.0570. The van der Waals surface area contributed by atoms with Crippen molar-refractivity contribution in [3.05, 3.63) is 34.2 Å². The second-order valence-electron chi connectivity index (χ2n) is 4.36. The molecule has 1 amide bonds. The van der Waals surface area contributed by atoms with Gasteiger partial charge in [-0.3, -0.25) is 9.59 Å². The van der Waals surface area contributed by atoms with Crippen molar-refractivity contribution >= 4 is 17.5 Å². The number of aromatic amines is 1. The standard InChI is InChI=1S/C12H15ClN2O3/c1-8-6-15(7-9(4-13)18-8)12(17)10-5-14-3-2-11(10)16/h2-3,5,8-9H,4,6-7H2,1H3,(H,14,16). The van der Waals surface area contributed by atoms with Crippen LogP contribution in [0.1, 0.15) is 17.3 Å². The fourth-order valence-electron chi connectivity index (χ4n) is 2.05. The molecule has 2 heterocycles. The summed E-state index contributed by atoms with van der Waals surface area (Å²) in [7, 11) is 0. The lowest BCUT2D eigenvalue weighted by atomic mass is 10.2. The number of carbonyl (C=O) groups is 1. The second-order valence-corrected chi connectivity index (χ2v) is 4.66. The summed E-state index contributed by atoms with van der Waals surface area (Å²) in [4.78, 5) is 28.2. The van der Waals surface area contributed by atoms with E-state index >= 15 is 0 Å². The minimum atomic E-state index is -0.277. The summed E-state index contributed by atoms with van der Waals surface area (Å²) in [5.41, 5.74) is -0.125. The van der Waals surface area contributed by atoms with Crippen molar-refractivity contribution in [1.29, 1.82) is 0 Å². The highest BCUT2D eigenvalue weighted by Crippen LogP contribution is 2.14. The van der Waals surface area contributed by atoms with E-state index in [-0.39, 0.29) is 29.1 Å². The first kappa shape index (κ1) is 13.1. The Balaban J connectivity index is 2.18. The SMILES string of the molecule is CC1CN(C(=O)c2c[nH]ccc2=O)CC(CCl)O1. The summed E-state index contributed by atoms with van der Waals surface area (Å²) in [6.45, 7) is 2.77. The predicted molar refractivity (Wildman–Crippen MR) is 68.0 cm³/mol. The van der Waals surface area contributed by atoms with Gasteiger partial charge in [0.15, 0.2) is 5.43 Å². The number of hydrogen-bond donors (Lipinski definition) is 1. The summed E-state index contributed by atoms with van der Waals surface area (Å²) in [5, 5.41) is 0. The number of morpholine rings is 1. The Labute approximate surface area is 110 Å². The van der Waals surface area contributed by atoms with E-state index in [9.17, 15) is 9.59 Å². The molecular weight excluding hydrogens is 256 g/mol. The number of pyridine rings is 1. The Kier molecular flexibility index (Phi) is 4.04. The number of H-pyrrole nitrogens is 1. The van der Waals surface area contributed by atoms with Gasteiger partial charge in [-0.1, -0.05) is 0 Å². The molecule has 0 aromatic carbocycles. The van der Waals surface area contributed by atoms with Gasteiger partial charge in [0.1, 0.15) is 5.56 Å². The predicted octanol–water partition coefficient (Wildman–Crippen LogP) is 0.843. The monoisotopic (exact) mass is 270 g/mol. The van der Waals surface area contributed by atoms with Crippen LogP contribution < -0.4 is 5.43 Å². The van der Waals surface area contributed by atoms with Gasteiger partial charge in [-0.15, -0.1) is 11.6 Å². The molecule has 1 aliphatic heterocycles. The third-order valence-corrected chi connectivity index (χ3v) is 3.18. The first-order valence-corrected chi connectivity index (χ1v) is 6.33. The second kappa shape index (κ2) is 5.54. The van der Waals surface area contributed by atoms with Crippen molar-refractivity contribution < 1.29 is 9.53 Å². The molecule has 1 aliphatic rings. The number of halogens is 1. The molecule has 2 rings (SSSR count). The van der Waals surface area contributed by atoms with Gasteiger partial charge in [-0.05, 0) is 6.92 Å². The fraction of sp³-hybridized carbons (Fsp3) is 0.500. The Bertz CT molecular complexity index is 488. The number of rotatable bonds is 2. The number of ether oxygens (including phenoxy) is 1. The van der Waals surface area contributed by atoms with E-state index in [1.807, 2.05) is 6.92 Å². The zero-order valence-corrected chi connectivity index (χ0v) is 10.8. The van der Waals surface area contributed by atoms with Crippen molar-refractivity contribution in [3.63, 3.8) is 0 Å². The van der Waals surface area contributed by atoms with Crippen LogP contribution in [-0.4, -0.2) is 47.0 Å². The van der Waals surface area contributed by atoms with Crippen LogP contribution in [0.5, 0.6) is 0 Å². The van der Waals surface area contributed by atoms with Crippen LogP contribution in [0.2, 0.25) is 0 Å². The molecule has 1 saturated heterocycles. The summed E-state index contributed by atoms with van der Waals surface area (Å²) < 4.78 is 5.57. The van der Waals surface area contributed by atoms with Crippen molar-refractivity contribution in [1.82, 2.24) is 9.88 Å². The van der Waals surface area contributed by atoms with Gasteiger partial charge in [-0.2, -0.15) is 0 Å². The average molecular weight is 271 g/mol. The molecule has 0 spiro atoms. The van der Waals surface area contributed by atoms with E-state index in [1.165, 1.54) is 18.5 Å². The van der Waals surface area contributed by atoms with Crippen LogP contribution in [0.15, 0.2) is 23.3 Å². The molecule has 1 aromatic heterocycles. The maximum Gasteiger partial charge on any atom is 0.259 e. The van der Waals surface area contributed by atoms with Crippen LogP contribution >= 0.6 is 11.6 Å². The van der Waals surface area contributed by atoms with Crippen LogP contribution in [0.25, 0.3) is 0 Å². The first-order chi connectivity index (χ1) is 8.61. The third-order valence-electron chi connectivity index (χ3n) is 2.84. The largest absolute Gasteiger partial charge is 0.370 e. The topological polar surface area (TPSA) is 62.4 Å². The summed E-state index contributed by atoms with van der Waals surface area (Å²) in [6.07, 6.45) is 2.68. The van der Waals surface area contributed by atoms with Gasteiger partial charge in [0.25, 0.3) is 5.91 Å². The molecule has 6 heteroatoms. The smallest absolute Gasteiger partial charge is 0.259 e. The minimum absolute atomic E-state index is 0.0748. The molecule has 2 unspecified atom stereocenters. The van der Waals surface area contributed by atoms with E-state index in [2.05, 4.69) is 4.98 Å². The lowest BCUT2D eigenvalue weighted by Crippen LogP contribution is -2.50. The van der Waals surface area contributed by atoms with E-state index in [0.29, 0.717) is 19.0 Å². The van der Waals surface area contributed by atoms with Gasteiger partial charge >= 0.3 is 0 Å². The molecule has 1 aromatic rings. The van der Waals surface area contributed by atoms with Crippen molar-refractivity contribution in [2.24, 2.45) is 0 Å². The minimum Gasteiger partial charge on any atom is -0.370 e. The Morgan fingerprint density at radius 2 is 2.39 bits per heavy atom. The highest BCUT2D eigenvalue weighted by atomic mass is 35.5. The van der Waals surface area contributed by atoms with E-state index in [4.69, 9.17) is 16.3 Å². The Hall–Kier alpha value is -1.33. The molecule has 98 valence electrons. The van der Waals surface area contributed by atoms with Crippen LogP contribution in [-0.2, 0) is 4.74 Å². The van der Waals surface area contributed by atoms with E-state index in [0.717, 1.165) is 0 Å². The number of alkyl halides is 1. The Morgan fingerprint density at radius 3 is 3.06 bits per heavy atom. The molecule has 0 bridgehead atoms. The van der Waals surface area contributed by atoms with E-state index < -0.39 is 0 Å². The number of aromatic nitrogens is 1. The molecule has 18 heavy (non-hydrogen) atoms. The number of amides is 1. The number of carbonyl (C=O) groups excluding carboxylic acids is 1. The quantitative estimate of drug-likeness (QED) is 0.810. The molecule has 0 saturated carbocycles.